The Bertz CT molecular complexity index is 612. The van der Waals surface area contributed by atoms with Crippen molar-refractivity contribution in [3.8, 4) is 0 Å². The van der Waals surface area contributed by atoms with Crippen LogP contribution in [-0.2, 0) is 20.0 Å². The summed E-state index contributed by atoms with van der Waals surface area (Å²) in [5, 5.41) is -0.175. The molecule has 0 aliphatic carbocycles. The molecule has 0 heterocycles. The van der Waals surface area contributed by atoms with Crippen LogP contribution in [0, 0.1) is 0 Å². The summed E-state index contributed by atoms with van der Waals surface area (Å²) >= 11 is 11.7. The smallest absolute Gasteiger partial charge is 0.229 e. The summed E-state index contributed by atoms with van der Waals surface area (Å²) in [6.45, 7) is 0. The van der Waals surface area contributed by atoms with Crippen molar-refractivity contribution in [2.75, 3.05) is 22.0 Å². The van der Waals surface area contributed by atoms with Crippen molar-refractivity contribution in [2.24, 2.45) is 0 Å². The van der Waals surface area contributed by atoms with Crippen LogP contribution in [0.15, 0.2) is 12.1 Å². The first-order chi connectivity index (χ1) is 7.99. The third kappa shape index (κ3) is 4.52. The van der Waals surface area contributed by atoms with Gasteiger partial charge >= 0.3 is 0 Å². The molecule has 1 aromatic carbocycles. The van der Waals surface area contributed by atoms with Gasteiger partial charge in [0, 0.05) is 0 Å². The Kier molecular flexibility index (Phi) is 4.37. The summed E-state index contributed by atoms with van der Waals surface area (Å²) in [5.74, 6) is 0. The van der Waals surface area contributed by atoms with Crippen molar-refractivity contribution in [1.82, 2.24) is 0 Å². The second-order valence-corrected chi connectivity index (χ2v) is 7.79. The zero-order valence-electron chi connectivity index (χ0n) is 9.36. The third-order valence-corrected chi connectivity index (χ3v) is 3.74. The minimum atomic E-state index is -3.50. The molecule has 0 amide bonds. The van der Waals surface area contributed by atoms with Gasteiger partial charge < -0.3 is 0 Å². The summed E-state index contributed by atoms with van der Waals surface area (Å²) < 4.78 is 48.5. The molecule has 0 aliphatic rings. The monoisotopic (exact) mass is 332 g/mol. The predicted octanol–water partition coefficient (Wildman–Crippen LogP) is 1.74. The van der Waals surface area contributed by atoms with Crippen LogP contribution in [0.25, 0.3) is 0 Å². The quantitative estimate of drug-likeness (QED) is 0.878. The topological polar surface area (TPSA) is 92.3 Å². The van der Waals surface area contributed by atoms with Gasteiger partial charge in [-0.25, -0.2) is 16.8 Å². The lowest BCUT2D eigenvalue weighted by atomic mass is 10.3. The molecule has 102 valence electrons. The first kappa shape index (κ1) is 15.4. The number of benzene rings is 1. The molecule has 0 aliphatic heterocycles. The molecule has 1 rings (SSSR count). The second kappa shape index (κ2) is 5.12. The average Bonchev–Trinajstić information content (AvgIpc) is 2.14. The molecular formula is C8H10Cl2N2O4S2. The van der Waals surface area contributed by atoms with E-state index in [1.165, 1.54) is 12.1 Å². The van der Waals surface area contributed by atoms with E-state index >= 15 is 0 Å². The summed E-state index contributed by atoms with van der Waals surface area (Å²) in [6.07, 6.45) is 1.92. The third-order valence-electron chi connectivity index (χ3n) is 1.67. The largest absolute Gasteiger partial charge is 0.282 e. The van der Waals surface area contributed by atoms with Gasteiger partial charge in [-0.15, -0.1) is 0 Å². The van der Waals surface area contributed by atoms with Crippen molar-refractivity contribution in [3.05, 3.63) is 22.2 Å². The molecule has 1 aromatic rings. The van der Waals surface area contributed by atoms with E-state index < -0.39 is 20.0 Å². The highest BCUT2D eigenvalue weighted by atomic mass is 35.5. The molecule has 6 nitrogen and oxygen atoms in total. The van der Waals surface area contributed by atoms with Crippen molar-refractivity contribution in [2.45, 2.75) is 0 Å². The lowest BCUT2D eigenvalue weighted by Crippen LogP contribution is -2.12. The highest BCUT2D eigenvalue weighted by molar-refractivity contribution is 7.92. The molecule has 0 radical (unpaired) electrons. The maximum Gasteiger partial charge on any atom is 0.229 e. The fraction of sp³-hybridized carbons (Fsp3) is 0.250. The Labute approximate surface area is 115 Å². The van der Waals surface area contributed by atoms with Gasteiger partial charge in [-0.1, -0.05) is 23.2 Å². The molecular weight excluding hydrogens is 323 g/mol. The molecule has 0 spiro atoms. The molecule has 18 heavy (non-hydrogen) atoms. The van der Waals surface area contributed by atoms with E-state index in [1.54, 1.807) is 0 Å². The zero-order chi connectivity index (χ0) is 14.1. The molecule has 0 saturated heterocycles. The SMILES string of the molecule is CS(=O)(=O)Nc1ccc(NS(C)(=O)=O)c(Cl)c1Cl. The molecule has 0 fully saturated rings. The molecule has 0 atom stereocenters. The summed E-state index contributed by atoms with van der Waals surface area (Å²) in [4.78, 5) is 0. The van der Waals surface area contributed by atoms with Crippen LogP contribution in [0.3, 0.4) is 0 Å². The Balaban J connectivity index is 3.21. The van der Waals surface area contributed by atoms with E-state index in [2.05, 4.69) is 9.44 Å². The van der Waals surface area contributed by atoms with Gasteiger partial charge in [-0.3, -0.25) is 9.44 Å². The molecule has 0 bridgehead atoms. The number of halogens is 2. The minimum Gasteiger partial charge on any atom is -0.282 e. The van der Waals surface area contributed by atoms with Gasteiger partial charge in [0.05, 0.1) is 33.9 Å². The maximum absolute atomic E-state index is 11.1. The number of anilines is 2. The van der Waals surface area contributed by atoms with Crippen molar-refractivity contribution >= 4 is 54.6 Å². The second-order valence-electron chi connectivity index (χ2n) is 3.54. The first-order valence-corrected chi connectivity index (χ1v) is 8.97. The van der Waals surface area contributed by atoms with Gasteiger partial charge in [0.2, 0.25) is 20.0 Å². The Morgan fingerprint density at radius 2 is 1.11 bits per heavy atom. The Morgan fingerprint density at radius 1 is 0.833 bits per heavy atom. The Morgan fingerprint density at radius 3 is 1.33 bits per heavy atom. The van der Waals surface area contributed by atoms with Crippen LogP contribution in [0.4, 0.5) is 11.4 Å². The molecule has 2 N–H and O–H groups in total. The lowest BCUT2D eigenvalue weighted by molar-refractivity contribution is 0.605. The molecule has 0 aromatic heterocycles. The summed E-state index contributed by atoms with van der Waals surface area (Å²) in [7, 11) is -6.99. The van der Waals surface area contributed by atoms with Gasteiger partial charge in [0.25, 0.3) is 0 Å². The van der Waals surface area contributed by atoms with E-state index in [1.807, 2.05) is 0 Å². The summed E-state index contributed by atoms with van der Waals surface area (Å²) in [6, 6.07) is 2.62. The van der Waals surface area contributed by atoms with Crippen LogP contribution >= 0.6 is 23.2 Å². The lowest BCUT2D eigenvalue weighted by Gasteiger charge is -2.11. The predicted molar refractivity (Wildman–Crippen MR) is 73.4 cm³/mol. The van der Waals surface area contributed by atoms with E-state index in [-0.39, 0.29) is 21.4 Å². The van der Waals surface area contributed by atoms with Crippen molar-refractivity contribution in [1.29, 1.82) is 0 Å². The number of nitrogens with one attached hydrogen (secondary N) is 2. The maximum atomic E-state index is 11.1. The minimum absolute atomic E-state index is 0.0724. The fourth-order valence-corrected chi connectivity index (χ4v) is 2.78. The highest BCUT2D eigenvalue weighted by Gasteiger charge is 2.14. The van der Waals surface area contributed by atoms with E-state index in [0.29, 0.717) is 0 Å². The van der Waals surface area contributed by atoms with Gasteiger partial charge in [-0.05, 0) is 12.1 Å². The van der Waals surface area contributed by atoms with Crippen LogP contribution in [0.1, 0.15) is 0 Å². The molecule has 10 heteroatoms. The highest BCUT2D eigenvalue weighted by Crippen LogP contribution is 2.36. The normalized spacial score (nSPS) is 12.2. The number of sulfonamides is 2. The van der Waals surface area contributed by atoms with Crippen LogP contribution in [-0.4, -0.2) is 29.3 Å². The van der Waals surface area contributed by atoms with E-state index in [4.69, 9.17) is 23.2 Å². The van der Waals surface area contributed by atoms with Crippen LogP contribution < -0.4 is 9.44 Å². The fourth-order valence-electron chi connectivity index (χ4n) is 1.11. The van der Waals surface area contributed by atoms with Crippen molar-refractivity contribution in [3.63, 3.8) is 0 Å². The van der Waals surface area contributed by atoms with Crippen molar-refractivity contribution < 1.29 is 16.8 Å². The molecule has 0 saturated carbocycles. The number of rotatable bonds is 4. The summed E-state index contributed by atoms with van der Waals surface area (Å²) in [5.41, 5.74) is 0.145. The van der Waals surface area contributed by atoms with E-state index in [0.717, 1.165) is 12.5 Å². The average molecular weight is 333 g/mol. The van der Waals surface area contributed by atoms with E-state index in [9.17, 15) is 16.8 Å². The number of hydrogen-bond donors (Lipinski definition) is 2. The van der Waals surface area contributed by atoms with Crippen LogP contribution in [0.5, 0.6) is 0 Å². The first-order valence-electron chi connectivity index (χ1n) is 4.43. The zero-order valence-corrected chi connectivity index (χ0v) is 12.5. The van der Waals surface area contributed by atoms with Gasteiger partial charge in [0.15, 0.2) is 0 Å². The Hall–Kier alpha value is -0.700. The molecule has 0 unspecified atom stereocenters. The number of hydrogen-bond acceptors (Lipinski definition) is 4. The van der Waals surface area contributed by atoms with Crippen LogP contribution in [0.2, 0.25) is 10.0 Å². The van der Waals surface area contributed by atoms with Gasteiger partial charge in [0.1, 0.15) is 0 Å². The van der Waals surface area contributed by atoms with Gasteiger partial charge in [-0.2, -0.15) is 0 Å². The standard InChI is InChI=1S/C8H10Cl2N2O4S2/c1-17(13,14)11-5-3-4-6(8(10)7(5)9)12-18(2,15)16/h3-4,11-12H,1-2H3.